The Morgan fingerprint density at radius 1 is 1.00 bits per heavy atom. The molecule has 0 aliphatic rings. The molecule has 18 heavy (non-hydrogen) atoms. The molecule has 0 bridgehead atoms. The Kier molecular flexibility index (Phi) is 4.15. The summed E-state index contributed by atoms with van der Waals surface area (Å²) in [5.41, 5.74) is 8.99. The first-order chi connectivity index (χ1) is 8.69. The molecule has 0 heterocycles. The lowest BCUT2D eigenvalue weighted by Crippen LogP contribution is -2.16. The topological polar surface area (TPSA) is 29.3 Å². The summed E-state index contributed by atoms with van der Waals surface area (Å²) in [6.07, 6.45) is 2.09. The summed E-state index contributed by atoms with van der Waals surface area (Å²) in [6, 6.07) is 16.6. The van der Waals surface area contributed by atoms with Gasteiger partial charge >= 0.3 is 0 Å². The quantitative estimate of drug-likeness (QED) is 0.671. The highest BCUT2D eigenvalue weighted by atomic mass is 32.2. The molecule has 0 radical (unpaired) electrons. The standard InChI is InChI=1S/C15H18N2S/c1-17(11-12-3-5-13(16)6-4-12)14-7-9-15(18-2)10-8-14/h3-10H,11,16H2,1-2H3. The van der Waals surface area contributed by atoms with Crippen molar-refractivity contribution in [2.24, 2.45) is 0 Å². The SMILES string of the molecule is CSc1ccc(N(C)Cc2ccc(N)cc2)cc1. The van der Waals surface area contributed by atoms with Crippen molar-refractivity contribution in [3.05, 3.63) is 54.1 Å². The number of rotatable bonds is 4. The van der Waals surface area contributed by atoms with Gasteiger partial charge in [-0.15, -0.1) is 11.8 Å². The summed E-state index contributed by atoms with van der Waals surface area (Å²) in [7, 11) is 2.10. The zero-order valence-corrected chi connectivity index (χ0v) is 11.6. The molecule has 2 rings (SSSR count). The number of benzene rings is 2. The molecule has 0 saturated heterocycles. The molecule has 0 fully saturated rings. The zero-order chi connectivity index (χ0) is 13.0. The van der Waals surface area contributed by atoms with Crippen molar-refractivity contribution in [1.82, 2.24) is 0 Å². The minimum atomic E-state index is 0.811. The average Bonchev–Trinajstić information content (AvgIpc) is 2.41. The average molecular weight is 258 g/mol. The van der Waals surface area contributed by atoms with E-state index in [2.05, 4.69) is 54.6 Å². The highest BCUT2D eigenvalue weighted by Gasteiger charge is 2.02. The van der Waals surface area contributed by atoms with Crippen molar-refractivity contribution in [2.75, 3.05) is 23.9 Å². The van der Waals surface area contributed by atoms with Crippen LogP contribution >= 0.6 is 11.8 Å². The van der Waals surface area contributed by atoms with Crippen LogP contribution in [0, 0.1) is 0 Å². The number of thioether (sulfide) groups is 1. The molecule has 0 aromatic heterocycles. The van der Waals surface area contributed by atoms with Crippen LogP contribution in [0.5, 0.6) is 0 Å². The summed E-state index contributed by atoms with van der Waals surface area (Å²) < 4.78 is 0. The molecule has 3 heteroatoms. The van der Waals surface area contributed by atoms with Crippen LogP contribution in [0.3, 0.4) is 0 Å². The molecule has 0 amide bonds. The van der Waals surface area contributed by atoms with E-state index in [4.69, 9.17) is 5.73 Å². The van der Waals surface area contributed by atoms with E-state index in [1.165, 1.54) is 16.1 Å². The minimum Gasteiger partial charge on any atom is -0.399 e. The van der Waals surface area contributed by atoms with E-state index in [9.17, 15) is 0 Å². The second-order valence-corrected chi connectivity index (χ2v) is 5.18. The van der Waals surface area contributed by atoms with Gasteiger partial charge in [0.15, 0.2) is 0 Å². The Hall–Kier alpha value is -1.61. The summed E-state index contributed by atoms with van der Waals surface area (Å²) in [4.78, 5) is 3.52. The van der Waals surface area contributed by atoms with Crippen LogP contribution in [0.4, 0.5) is 11.4 Å². The number of hydrogen-bond donors (Lipinski definition) is 1. The van der Waals surface area contributed by atoms with Crippen LogP contribution in [-0.4, -0.2) is 13.3 Å². The van der Waals surface area contributed by atoms with Gasteiger partial charge in [-0.2, -0.15) is 0 Å². The van der Waals surface area contributed by atoms with E-state index < -0.39 is 0 Å². The first kappa shape index (κ1) is 12.8. The summed E-state index contributed by atoms with van der Waals surface area (Å²) in [5, 5.41) is 0. The van der Waals surface area contributed by atoms with E-state index >= 15 is 0 Å². The van der Waals surface area contributed by atoms with Crippen molar-refractivity contribution in [2.45, 2.75) is 11.4 Å². The van der Waals surface area contributed by atoms with Gasteiger partial charge in [0.25, 0.3) is 0 Å². The Morgan fingerprint density at radius 2 is 1.61 bits per heavy atom. The van der Waals surface area contributed by atoms with E-state index in [-0.39, 0.29) is 0 Å². The smallest absolute Gasteiger partial charge is 0.0426 e. The Bertz CT molecular complexity index is 491. The van der Waals surface area contributed by atoms with Gasteiger partial charge in [0.1, 0.15) is 0 Å². The largest absolute Gasteiger partial charge is 0.399 e. The van der Waals surface area contributed by atoms with Crippen LogP contribution in [-0.2, 0) is 6.54 Å². The Labute approximate surface area is 113 Å². The number of anilines is 2. The summed E-state index contributed by atoms with van der Waals surface area (Å²) in [5.74, 6) is 0. The number of hydrogen-bond acceptors (Lipinski definition) is 3. The van der Waals surface area contributed by atoms with E-state index in [0.29, 0.717) is 0 Å². The van der Waals surface area contributed by atoms with Gasteiger partial charge in [0.2, 0.25) is 0 Å². The maximum absolute atomic E-state index is 5.68. The molecule has 2 aromatic rings. The third-order valence-corrected chi connectivity index (χ3v) is 3.66. The summed E-state index contributed by atoms with van der Waals surface area (Å²) >= 11 is 1.76. The second kappa shape index (κ2) is 5.83. The highest BCUT2D eigenvalue weighted by molar-refractivity contribution is 7.98. The van der Waals surface area contributed by atoms with Gasteiger partial charge in [0, 0.05) is 29.9 Å². The van der Waals surface area contributed by atoms with Gasteiger partial charge in [0.05, 0.1) is 0 Å². The molecular formula is C15H18N2S. The van der Waals surface area contributed by atoms with Crippen LogP contribution < -0.4 is 10.6 Å². The molecule has 0 aliphatic heterocycles. The van der Waals surface area contributed by atoms with E-state index in [1.54, 1.807) is 11.8 Å². The minimum absolute atomic E-state index is 0.811. The van der Waals surface area contributed by atoms with Crippen molar-refractivity contribution >= 4 is 23.1 Å². The molecule has 0 unspecified atom stereocenters. The maximum atomic E-state index is 5.68. The first-order valence-electron chi connectivity index (χ1n) is 5.88. The van der Waals surface area contributed by atoms with E-state index in [1.807, 2.05) is 12.1 Å². The first-order valence-corrected chi connectivity index (χ1v) is 7.11. The molecular weight excluding hydrogens is 240 g/mol. The predicted molar refractivity (Wildman–Crippen MR) is 81.2 cm³/mol. The van der Waals surface area contributed by atoms with Crippen LogP contribution in [0.15, 0.2) is 53.4 Å². The number of nitrogen functional groups attached to an aromatic ring is 1. The van der Waals surface area contributed by atoms with Gasteiger partial charge in [-0.05, 0) is 48.2 Å². The zero-order valence-electron chi connectivity index (χ0n) is 10.8. The fourth-order valence-corrected chi connectivity index (χ4v) is 2.23. The molecule has 0 aliphatic carbocycles. The Balaban J connectivity index is 2.06. The number of nitrogens with zero attached hydrogens (tertiary/aromatic N) is 1. The van der Waals surface area contributed by atoms with Crippen molar-refractivity contribution in [3.63, 3.8) is 0 Å². The fourth-order valence-electron chi connectivity index (χ4n) is 1.82. The third-order valence-electron chi connectivity index (χ3n) is 2.91. The van der Waals surface area contributed by atoms with Gasteiger partial charge in [-0.1, -0.05) is 12.1 Å². The molecule has 0 spiro atoms. The summed E-state index contributed by atoms with van der Waals surface area (Å²) in [6.45, 7) is 0.888. The van der Waals surface area contributed by atoms with Gasteiger partial charge < -0.3 is 10.6 Å². The van der Waals surface area contributed by atoms with Gasteiger partial charge in [-0.3, -0.25) is 0 Å². The fraction of sp³-hybridized carbons (Fsp3) is 0.200. The number of nitrogens with two attached hydrogens (primary N) is 1. The van der Waals surface area contributed by atoms with Crippen LogP contribution in [0.1, 0.15) is 5.56 Å². The molecule has 0 saturated carbocycles. The van der Waals surface area contributed by atoms with Crippen LogP contribution in [0.2, 0.25) is 0 Å². The normalized spacial score (nSPS) is 10.3. The van der Waals surface area contributed by atoms with Crippen molar-refractivity contribution in [1.29, 1.82) is 0 Å². The lowest BCUT2D eigenvalue weighted by atomic mass is 10.2. The maximum Gasteiger partial charge on any atom is 0.0426 e. The molecule has 2 nitrogen and oxygen atoms in total. The molecule has 2 N–H and O–H groups in total. The Morgan fingerprint density at radius 3 is 2.17 bits per heavy atom. The molecule has 2 aromatic carbocycles. The second-order valence-electron chi connectivity index (χ2n) is 4.30. The van der Waals surface area contributed by atoms with Crippen molar-refractivity contribution in [3.8, 4) is 0 Å². The monoisotopic (exact) mass is 258 g/mol. The predicted octanol–water partition coefficient (Wildman–Crippen LogP) is 3.63. The highest BCUT2D eigenvalue weighted by Crippen LogP contribution is 2.21. The van der Waals surface area contributed by atoms with Crippen molar-refractivity contribution < 1.29 is 0 Å². The molecule has 0 atom stereocenters. The third kappa shape index (κ3) is 3.20. The lowest BCUT2D eigenvalue weighted by Gasteiger charge is -2.19. The molecule has 94 valence electrons. The van der Waals surface area contributed by atoms with E-state index in [0.717, 1.165) is 12.2 Å². The van der Waals surface area contributed by atoms with Crippen LogP contribution in [0.25, 0.3) is 0 Å². The lowest BCUT2D eigenvalue weighted by molar-refractivity contribution is 0.922. The van der Waals surface area contributed by atoms with Gasteiger partial charge in [-0.25, -0.2) is 0 Å².